The van der Waals surface area contributed by atoms with E-state index in [0.717, 1.165) is 5.56 Å². The number of benzene rings is 1. The van der Waals surface area contributed by atoms with Crippen molar-refractivity contribution in [2.24, 2.45) is 0 Å². The average molecular weight is 300 g/mol. The molecule has 0 spiro atoms. The summed E-state index contributed by atoms with van der Waals surface area (Å²) >= 11 is 0. The van der Waals surface area contributed by atoms with Crippen LogP contribution in [0.2, 0.25) is 0 Å². The average Bonchev–Trinajstić information content (AvgIpc) is 2.36. The van der Waals surface area contributed by atoms with Crippen molar-refractivity contribution in [3.05, 3.63) is 29.8 Å². The summed E-state index contributed by atoms with van der Waals surface area (Å²) in [5.41, 5.74) is 0.762. The summed E-state index contributed by atoms with van der Waals surface area (Å²) in [7, 11) is -1.98. The summed E-state index contributed by atoms with van der Waals surface area (Å²) in [6.07, 6.45) is 0. The molecule has 0 saturated carbocycles. The molecule has 1 rings (SSSR count). The van der Waals surface area contributed by atoms with Gasteiger partial charge in [-0.2, -0.15) is 0 Å². The Morgan fingerprint density at radius 2 is 1.85 bits per heavy atom. The lowest BCUT2D eigenvalue weighted by Crippen LogP contribution is -2.36. The first-order valence-electron chi connectivity index (χ1n) is 6.69. The molecule has 2 N–H and O–H groups in total. The van der Waals surface area contributed by atoms with Gasteiger partial charge in [0.25, 0.3) is 0 Å². The Balaban J connectivity index is 2.93. The Hall–Kier alpha value is -0.950. The first kappa shape index (κ1) is 17.1. The van der Waals surface area contributed by atoms with Crippen molar-refractivity contribution < 1.29 is 13.2 Å². The topological polar surface area (TPSA) is 67.4 Å². The smallest absolute Gasteiger partial charge is 0.241 e. The molecule has 0 aliphatic carbocycles. The highest BCUT2D eigenvalue weighted by Gasteiger charge is 2.20. The molecule has 0 radical (unpaired) electrons. The molecule has 0 amide bonds. The van der Waals surface area contributed by atoms with Crippen molar-refractivity contribution in [1.29, 1.82) is 0 Å². The molecule has 0 aliphatic heterocycles. The number of ether oxygens (including phenoxy) is 1. The van der Waals surface area contributed by atoms with E-state index in [1.807, 2.05) is 26.0 Å². The zero-order valence-corrected chi connectivity index (χ0v) is 13.3. The largest absolute Gasteiger partial charge is 0.383 e. The number of hydrogen-bond donors (Lipinski definition) is 2. The highest BCUT2D eigenvalue weighted by Crippen LogP contribution is 2.15. The van der Waals surface area contributed by atoms with E-state index in [4.69, 9.17) is 4.74 Å². The number of hydrogen-bond acceptors (Lipinski definition) is 4. The van der Waals surface area contributed by atoms with E-state index in [-0.39, 0.29) is 6.04 Å². The minimum absolute atomic E-state index is 0.267. The summed E-state index contributed by atoms with van der Waals surface area (Å²) < 4.78 is 32.4. The van der Waals surface area contributed by atoms with Crippen molar-refractivity contribution in [2.75, 3.05) is 13.7 Å². The molecule has 0 aliphatic rings. The fourth-order valence-electron chi connectivity index (χ4n) is 1.84. The minimum atomic E-state index is -3.53. The van der Waals surface area contributed by atoms with Gasteiger partial charge in [-0.25, -0.2) is 13.1 Å². The van der Waals surface area contributed by atoms with E-state index in [1.54, 1.807) is 26.2 Å². The number of sulfonamides is 1. The predicted molar refractivity (Wildman–Crippen MR) is 80.1 cm³/mol. The maximum Gasteiger partial charge on any atom is 0.241 e. The van der Waals surface area contributed by atoms with Crippen LogP contribution >= 0.6 is 0 Å². The van der Waals surface area contributed by atoms with E-state index in [9.17, 15) is 8.42 Å². The lowest BCUT2D eigenvalue weighted by molar-refractivity contribution is 0.180. The van der Waals surface area contributed by atoms with Gasteiger partial charge in [-0.05, 0) is 18.6 Å². The summed E-state index contributed by atoms with van der Waals surface area (Å²) in [6, 6.07) is 7.05. The van der Waals surface area contributed by atoms with Gasteiger partial charge in [-0.3, -0.25) is 0 Å². The molecule has 1 unspecified atom stereocenters. The van der Waals surface area contributed by atoms with Crippen LogP contribution in [0.3, 0.4) is 0 Å². The summed E-state index contributed by atoms with van der Waals surface area (Å²) in [5.74, 6) is 0. The molecular weight excluding hydrogens is 276 g/mol. The molecule has 0 fully saturated rings. The van der Waals surface area contributed by atoms with Crippen LogP contribution < -0.4 is 10.0 Å². The molecule has 1 aromatic carbocycles. The van der Waals surface area contributed by atoms with Crippen LogP contribution in [0.5, 0.6) is 0 Å². The van der Waals surface area contributed by atoms with Gasteiger partial charge in [-0.1, -0.05) is 32.0 Å². The molecule has 114 valence electrons. The van der Waals surface area contributed by atoms with Gasteiger partial charge in [0, 0.05) is 25.7 Å². The van der Waals surface area contributed by atoms with Gasteiger partial charge in [0.15, 0.2) is 0 Å². The summed E-state index contributed by atoms with van der Waals surface area (Å²) in [4.78, 5) is 0.316. The second kappa shape index (κ2) is 7.73. The first-order chi connectivity index (χ1) is 9.36. The highest BCUT2D eigenvalue weighted by atomic mass is 32.2. The number of nitrogens with one attached hydrogen (secondary N) is 2. The van der Waals surface area contributed by atoms with Crippen molar-refractivity contribution in [1.82, 2.24) is 10.0 Å². The highest BCUT2D eigenvalue weighted by molar-refractivity contribution is 7.89. The van der Waals surface area contributed by atoms with Gasteiger partial charge in [0.05, 0.1) is 11.5 Å². The van der Waals surface area contributed by atoms with Crippen LogP contribution in [-0.4, -0.2) is 34.2 Å². The van der Waals surface area contributed by atoms with Crippen molar-refractivity contribution in [3.63, 3.8) is 0 Å². The standard InChI is InChI=1S/C14H24N2O3S/c1-11(2)15-9-13-7-5-6-8-14(13)20(17,18)16-12(3)10-19-4/h5-8,11-12,15-16H,9-10H2,1-4H3. The van der Waals surface area contributed by atoms with Gasteiger partial charge in [0.1, 0.15) is 0 Å². The molecule has 0 saturated heterocycles. The Bertz CT molecular complexity index is 515. The second-order valence-corrected chi connectivity index (χ2v) is 6.80. The molecule has 1 atom stereocenters. The van der Waals surface area contributed by atoms with Crippen LogP contribution in [0.25, 0.3) is 0 Å². The molecule has 6 heteroatoms. The van der Waals surface area contributed by atoms with Crippen molar-refractivity contribution in [2.45, 2.75) is 44.3 Å². The van der Waals surface area contributed by atoms with Crippen LogP contribution in [0.1, 0.15) is 26.3 Å². The molecule has 0 heterocycles. The fourth-order valence-corrected chi connectivity index (χ4v) is 3.31. The molecule has 0 aromatic heterocycles. The van der Waals surface area contributed by atoms with E-state index in [0.29, 0.717) is 24.1 Å². The van der Waals surface area contributed by atoms with E-state index < -0.39 is 10.0 Å². The van der Waals surface area contributed by atoms with Crippen LogP contribution in [0.15, 0.2) is 29.2 Å². The van der Waals surface area contributed by atoms with Gasteiger partial charge in [-0.15, -0.1) is 0 Å². The Kier molecular flexibility index (Phi) is 6.61. The number of rotatable bonds is 8. The molecule has 1 aromatic rings. The zero-order valence-electron chi connectivity index (χ0n) is 12.5. The third-order valence-corrected chi connectivity index (χ3v) is 4.43. The molecule has 5 nitrogen and oxygen atoms in total. The van der Waals surface area contributed by atoms with Crippen LogP contribution in [-0.2, 0) is 21.3 Å². The summed E-state index contributed by atoms with van der Waals surface area (Å²) in [5, 5.41) is 3.24. The van der Waals surface area contributed by atoms with Gasteiger partial charge < -0.3 is 10.1 Å². The quantitative estimate of drug-likeness (QED) is 0.763. The third kappa shape index (κ3) is 5.20. The van der Waals surface area contributed by atoms with Crippen molar-refractivity contribution in [3.8, 4) is 0 Å². The minimum Gasteiger partial charge on any atom is -0.383 e. The molecular formula is C14H24N2O3S. The lowest BCUT2D eigenvalue weighted by Gasteiger charge is -2.16. The predicted octanol–water partition coefficient (Wildman–Crippen LogP) is 1.50. The Morgan fingerprint density at radius 1 is 1.20 bits per heavy atom. The summed E-state index contributed by atoms with van der Waals surface area (Å²) in [6.45, 7) is 6.68. The molecule has 0 bridgehead atoms. The van der Waals surface area contributed by atoms with E-state index in [1.165, 1.54) is 0 Å². The third-order valence-electron chi connectivity index (χ3n) is 2.74. The molecule has 20 heavy (non-hydrogen) atoms. The van der Waals surface area contributed by atoms with Crippen LogP contribution in [0, 0.1) is 0 Å². The van der Waals surface area contributed by atoms with E-state index in [2.05, 4.69) is 10.0 Å². The second-order valence-electron chi connectivity index (χ2n) is 5.12. The monoisotopic (exact) mass is 300 g/mol. The first-order valence-corrected chi connectivity index (χ1v) is 8.17. The Labute approximate surface area is 121 Å². The van der Waals surface area contributed by atoms with Gasteiger partial charge in [0.2, 0.25) is 10.0 Å². The number of methoxy groups -OCH3 is 1. The zero-order chi connectivity index (χ0) is 15.2. The maximum atomic E-state index is 12.4. The normalized spacial score (nSPS) is 13.7. The van der Waals surface area contributed by atoms with Gasteiger partial charge >= 0.3 is 0 Å². The lowest BCUT2D eigenvalue weighted by atomic mass is 10.2. The van der Waals surface area contributed by atoms with E-state index >= 15 is 0 Å². The van der Waals surface area contributed by atoms with Crippen LogP contribution in [0.4, 0.5) is 0 Å². The maximum absolute atomic E-state index is 12.4. The Morgan fingerprint density at radius 3 is 2.45 bits per heavy atom. The van der Waals surface area contributed by atoms with Crippen molar-refractivity contribution >= 4 is 10.0 Å². The SMILES string of the molecule is COCC(C)NS(=O)(=O)c1ccccc1CNC(C)C. The fraction of sp³-hybridized carbons (Fsp3) is 0.571.